The number of hydrogen-bond donors (Lipinski definition) is 2. The highest BCUT2D eigenvalue weighted by atomic mass is 19.4. The second kappa shape index (κ2) is 5.51. The molecule has 0 unspecified atom stereocenters. The van der Waals surface area contributed by atoms with E-state index in [0.717, 1.165) is 0 Å². The van der Waals surface area contributed by atoms with Crippen LogP contribution >= 0.6 is 0 Å². The molecule has 1 aromatic heterocycles. The van der Waals surface area contributed by atoms with Crippen molar-refractivity contribution in [2.45, 2.75) is 19.0 Å². The molecular weight excluding hydrogens is 235 g/mol. The molecule has 0 aliphatic heterocycles. The second-order valence-corrected chi connectivity index (χ2v) is 3.41. The standard InChI is InChI=1S/C10H12F3N3O/c11-10(12,13)4-2-6-16-9(17)7-3-1-5-15-8(7)14/h1,3,5H,2,4,6H2,(H2,14,15)(H,16,17). The Morgan fingerprint density at radius 1 is 1.47 bits per heavy atom. The molecule has 94 valence electrons. The molecule has 17 heavy (non-hydrogen) atoms. The molecule has 4 nitrogen and oxygen atoms in total. The SMILES string of the molecule is Nc1ncccc1C(=O)NCCCC(F)(F)F. The van der Waals surface area contributed by atoms with Crippen LogP contribution in [0.1, 0.15) is 23.2 Å². The lowest BCUT2D eigenvalue weighted by atomic mass is 10.2. The highest BCUT2D eigenvalue weighted by molar-refractivity contribution is 5.98. The van der Waals surface area contributed by atoms with Gasteiger partial charge in [0.2, 0.25) is 0 Å². The van der Waals surface area contributed by atoms with Gasteiger partial charge in [0.1, 0.15) is 5.82 Å². The number of nitrogens with two attached hydrogens (primary N) is 1. The Balaban J connectivity index is 2.39. The lowest BCUT2D eigenvalue weighted by Gasteiger charge is -2.08. The first-order valence-corrected chi connectivity index (χ1v) is 4.95. The van der Waals surface area contributed by atoms with Crippen LogP contribution in [0.5, 0.6) is 0 Å². The molecule has 7 heteroatoms. The minimum absolute atomic E-state index is 0.0489. The zero-order chi connectivity index (χ0) is 12.9. The fourth-order valence-electron chi connectivity index (χ4n) is 1.20. The first-order chi connectivity index (χ1) is 7.90. The van der Waals surface area contributed by atoms with Crippen molar-refractivity contribution in [1.29, 1.82) is 0 Å². The number of alkyl halides is 3. The van der Waals surface area contributed by atoms with Gasteiger partial charge in [-0.25, -0.2) is 4.98 Å². The van der Waals surface area contributed by atoms with Gasteiger partial charge in [-0.2, -0.15) is 13.2 Å². The number of pyridine rings is 1. The van der Waals surface area contributed by atoms with Crippen molar-refractivity contribution in [1.82, 2.24) is 10.3 Å². The number of carbonyl (C=O) groups is 1. The molecule has 1 rings (SSSR count). The minimum Gasteiger partial charge on any atom is -0.383 e. The van der Waals surface area contributed by atoms with Crippen molar-refractivity contribution in [2.24, 2.45) is 0 Å². The lowest BCUT2D eigenvalue weighted by Crippen LogP contribution is -2.26. The van der Waals surface area contributed by atoms with E-state index in [2.05, 4.69) is 10.3 Å². The normalized spacial score (nSPS) is 11.2. The molecule has 0 fully saturated rings. The van der Waals surface area contributed by atoms with Crippen LogP contribution in [-0.2, 0) is 0 Å². The van der Waals surface area contributed by atoms with Crippen molar-refractivity contribution in [3.05, 3.63) is 23.9 Å². The third-order valence-electron chi connectivity index (χ3n) is 2.01. The van der Waals surface area contributed by atoms with Crippen LogP contribution in [0.3, 0.4) is 0 Å². The molecule has 0 aliphatic carbocycles. The van der Waals surface area contributed by atoms with Gasteiger partial charge in [0.05, 0.1) is 5.56 Å². The monoisotopic (exact) mass is 247 g/mol. The van der Waals surface area contributed by atoms with Crippen LogP contribution in [0.4, 0.5) is 19.0 Å². The number of halogens is 3. The van der Waals surface area contributed by atoms with Gasteiger partial charge in [-0.3, -0.25) is 4.79 Å². The average molecular weight is 247 g/mol. The second-order valence-electron chi connectivity index (χ2n) is 3.41. The van der Waals surface area contributed by atoms with E-state index in [1.165, 1.54) is 18.3 Å². The maximum Gasteiger partial charge on any atom is 0.389 e. The van der Waals surface area contributed by atoms with Gasteiger partial charge >= 0.3 is 6.18 Å². The van der Waals surface area contributed by atoms with Gasteiger partial charge < -0.3 is 11.1 Å². The Hall–Kier alpha value is -1.79. The van der Waals surface area contributed by atoms with Gasteiger partial charge in [-0.05, 0) is 18.6 Å². The summed E-state index contributed by atoms with van der Waals surface area (Å²) in [6, 6.07) is 2.99. The molecule has 0 aliphatic rings. The Morgan fingerprint density at radius 2 is 2.18 bits per heavy atom. The van der Waals surface area contributed by atoms with Crippen molar-refractivity contribution >= 4 is 11.7 Å². The highest BCUT2D eigenvalue weighted by Crippen LogP contribution is 2.20. The van der Waals surface area contributed by atoms with Crippen molar-refractivity contribution in [3.8, 4) is 0 Å². The van der Waals surface area contributed by atoms with Crippen LogP contribution in [0, 0.1) is 0 Å². The molecule has 0 saturated heterocycles. The smallest absolute Gasteiger partial charge is 0.383 e. The molecular formula is C10H12F3N3O. The Bertz CT molecular complexity index is 393. The van der Waals surface area contributed by atoms with Gasteiger partial charge in [0.25, 0.3) is 5.91 Å². The first-order valence-electron chi connectivity index (χ1n) is 4.95. The average Bonchev–Trinajstić information content (AvgIpc) is 2.23. The largest absolute Gasteiger partial charge is 0.389 e. The first kappa shape index (κ1) is 13.3. The van der Waals surface area contributed by atoms with E-state index in [1.807, 2.05) is 0 Å². The lowest BCUT2D eigenvalue weighted by molar-refractivity contribution is -0.135. The minimum atomic E-state index is -4.20. The maximum atomic E-state index is 11.8. The number of nitrogens with zero attached hydrogens (tertiary/aromatic N) is 1. The molecule has 0 radical (unpaired) electrons. The summed E-state index contributed by atoms with van der Waals surface area (Å²) in [5.41, 5.74) is 5.61. The van der Waals surface area contributed by atoms with Crippen LogP contribution in [0.15, 0.2) is 18.3 Å². The molecule has 0 atom stereocenters. The van der Waals surface area contributed by atoms with Gasteiger partial charge in [-0.15, -0.1) is 0 Å². The number of amides is 1. The number of nitrogens with one attached hydrogen (secondary N) is 1. The predicted octanol–water partition coefficient (Wildman–Crippen LogP) is 1.74. The summed E-state index contributed by atoms with van der Waals surface area (Å²) in [4.78, 5) is 15.2. The predicted molar refractivity (Wildman–Crippen MR) is 56.3 cm³/mol. The number of hydrogen-bond acceptors (Lipinski definition) is 3. The quantitative estimate of drug-likeness (QED) is 0.796. The fraction of sp³-hybridized carbons (Fsp3) is 0.400. The van der Waals surface area contributed by atoms with Crippen molar-refractivity contribution in [3.63, 3.8) is 0 Å². The van der Waals surface area contributed by atoms with Crippen LogP contribution < -0.4 is 11.1 Å². The number of aromatic nitrogens is 1. The molecule has 0 saturated carbocycles. The van der Waals surface area contributed by atoms with E-state index in [0.29, 0.717) is 0 Å². The number of anilines is 1. The van der Waals surface area contributed by atoms with E-state index in [-0.39, 0.29) is 24.3 Å². The summed E-state index contributed by atoms with van der Waals surface area (Å²) in [6.45, 7) is -0.0489. The zero-order valence-electron chi connectivity index (χ0n) is 8.92. The third-order valence-corrected chi connectivity index (χ3v) is 2.01. The van der Waals surface area contributed by atoms with E-state index in [4.69, 9.17) is 5.73 Å². The summed E-state index contributed by atoms with van der Waals surface area (Å²) in [7, 11) is 0. The summed E-state index contributed by atoms with van der Waals surface area (Å²) in [5, 5.41) is 2.35. The maximum absolute atomic E-state index is 11.8. The van der Waals surface area contributed by atoms with Crippen molar-refractivity contribution in [2.75, 3.05) is 12.3 Å². The van der Waals surface area contributed by atoms with Gasteiger partial charge in [0, 0.05) is 19.2 Å². The number of carbonyl (C=O) groups excluding carboxylic acids is 1. The van der Waals surface area contributed by atoms with E-state index < -0.39 is 18.5 Å². The van der Waals surface area contributed by atoms with Crippen molar-refractivity contribution < 1.29 is 18.0 Å². The summed E-state index contributed by atoms with van der Waals surface area (Å²) in [6.07, 6.45) is -3.85. The van der Waals surface area contributed by atoms with Gasteiger partial charge in [-0.1, -0.05) is 0 Å². The zero-order valence-corrected chi connectivity index (χ0v) is 8.92. The Morgan fingerprint density at radius 3 is 2.76 bits per heavy atom. The molecule has 0 aromatic carbocycles. The van der Waals surface area contributed by atoms with E-state index >= 15 is 0 Å². The van der Waals surface area contributed by atoms with Crippen LogP contribution in [0.2, 0.25) is 0 Å². The van der Waals surface area contributed by atoms with Gasteiger partial charge in [0.15, 0.2) is 0 Å². The summed E-state index contributed by atoms with van der Waals surface area (Å²) >= 11 is 0. The van der Waals surface area contributed by atoms with E-state index in [1.54, 1.807) is 0 Å². The Kier molecular flexibility index (Phi) is 4.30. The van der Waals surface area contributed by atoms with E-state index in [9.17, 15) is 18.0 Å². The van der Waals surface area contributed by atoms with Crippen LogP contribution in [0.25, 0.3) is 0 Å². The molecule has 0 bridgehead atoms. The Labute approximate surface area is 96.0 Å². The summed E-state index contributed by atoms with van der Waals surface area (Å²) < 4.78 is 35.5. The summed E-state index contributed by atoms with van der Waals surface area (Å²) in [5.74, 6) is -0.460. The molecule has 1 aromatic rings. The molecule has 0 spiro atoms. The topological polar surface area (TPSA) is 68.0 Å². The molecule has 3 N–H and O–H groups in total. The number of nitrogen functional groups attached to an aromatic ring is 1. The third kappa shape index (κ3) is 4.71. The molecule has 1 amide bonds. The van der Waals surface area contributed by atoms with Crippen LogP contribution in [-0.4, -0.2) is 23.6 Å². The molecule has 1 heterocycles. The number of rotatable bonds is 4. The fourth-order valence-corrected chi connectivity index (χ4v) is 1.20. The highest BCUT2D eigenvalue weighted by Gasteiger charge is 2.26.